The second kappa shape index (κ2) is 4.49. The largest absolute Gasteiger partial charge is 0.417 e. The molecule has 20 heavy (non-hydrogen) atoms. The molecule has 2 aromatic rings. The van der Waals surface area contributed by atoms with Gasteiger partial charge in [-0.3, -0.25) is 4.79 Å². The number of fused-ring (bicyclic) bond motifs is 1. The second-order valence-corrected chi connectivity index (χ2v) is 6.68. The van der Waals surface area contributed by atoms with Crippen LogP contribution in [0.2, 0.25) is 0 Å². The van der Waals surface area contributed by atoms with Crippen LogP contribution in [0.1, 0.15) is 11.1 Å². The van der Waals surface area contributed by atoms with Gasteiger partial charge in [0.1, 0.15) is 0 Å². The van der Waals surface area contributed by atoms with Crippen LogP contribution >= 0.6 is 10.7 Å². The van der Waals surface area contributed by atoms with Crippen molar-refractivity contribution in [2.75, 3.05) is 0 Å². The number of halogens is 4. The topological polar surface area (TPSA) is 67.0 Å². The molecule has 0 unspecified atom stereocenters. The number of pyridine rings is 1. The average Bonchev–Trinajstić information content (AvgIpc) is 2.23. The van der Waals surface area contributed by atoms with Gasteiger partial charge in [0.05, 0.1) is 10.5 Å². The number of alkyl halides is 3. The zero-order valence-corrected chi connectivity index (χ0v) is 11.4. The van der Waals surface area contributed by atoms with E-state index in [1.54, 1.807) is 0 Å². The van der Waals surface area contributed by atoms with E-state index in [4.69, 9.17) is 10.7 Å². The minimum absolute atomic E-state index is 0.105. The summed E-state index contributed by atoms with van der Waals surface area (Å²) in [6, 6.07) is 2.33. The molecule has 1 aromatic carbocycles. The number of aromatic nitrogens is 1. The minimum Gasteiger partial charge on any atom is -0.322 e. The fourth-order valence-corrected chi connectivity index (χ4v) is 3.09. The molecular formula is C11H7ClF3NO3S. The highest BCUT2D eigenvalue weighted by Crippen LogP contribution is 2.35. The zero-order chi connectivity index (χ0) is 15.3. The van der Waals surface area contributed by atoms with Crippen LogP contribution in [-0.4, -0.2) is 13.4 Å². The molecule has 0 fully saturated rings. The summed E-state index contributed by atoms with van der Waals surface area (Å²) in [5.41, 5.74) is -2.10. The van der Waals surface area contributed by atoms with Crippen molar-refractivity contribution >= 4 is 30.6 Å². The number of hydrogen-bond donors (Lipinski definition) is 1. The van der Waals surface area contributed by atoms with Crippen molar-refractivity contribution in [1.82, 2.24) is 4.98 Å². The lowest BCUT2D eigenvalue weighted by molar-refractivity contribution is -0.136. The molecule has 0 radical (unpaired) electrons. The Morgan fingerprint density at radius 2 is 1.80 bits per heavy atom. The summed E-state index contributed by atoms with van der Waals surface area (Å²) in [5.74, 6) is 0. The lowest BCUT2D eigenvalue weighted by atomic mass is 10.1. The second-order valence-electron chi connectivity index (χ2n) is 4.15. The molecule has 1 heterocycles. The van der Waals surface area contributed by atoms with Crippen molar-refractivity contribution in [3.8, 4) is 0 Å². The number of hydrogen-bond acceptors (Lipinski definition) is 3. The molecular weight excluding hydrogens is 319 g/mol. The maximum Gasteiger partial charge on any atom is 0.417 e. The monoisotopic (exact) mass is 325 g/mol. The predicted molar refractivity (Wildman–Crippen MR) is 67.3 cm³/mol. The highest BCUT2D eigenvalue weighted by atomic mass is 35.7. The lowest BCUT2D eigenvalue weighted by Gasteiger charge is -2.12. The van der Waals surface area contributed by atoms with Crippen molar-refractivity contribution in [3.05, 3.63) is 39.7 Å². The highest BCUT2D eigenvalue weighted by molar-refractivity contribution is 8.13. The number of nitrogens with one attached hydrogen (secondary N) is 1. The van der Waals surface area contributed by atoms with Crippen molar-refractivity contribution in [3.63, 3.8) is 0 Å². The zero-order valence-electron chi connectivity index (χ0n) is 9.88. The molecule has 0 aliphatic rings. The lowest BCUT2D eigenvalue weighted by Crippen LogP contribution is -2.14. The van der Waals surface area contributed by atoms with Crippen LogP contribution in [0.5, 0.6) is 0 Å². The molecule has 0 saturated heterocycles. The Balaban J connectivity index is 2.99. The first-order valence-corrected chi connectivity index (χ1v) is 7.50. The van der Waals surface area contributed by atoms with E-state index in [1.165, 1.54) is 6.92 Å². The van der Waals surface area contributed by atoms with Crippen molar-refractivity contribution in [2.45, 2.75) is 18.0 Å². The summed E-state index contributed by atoms with van der Waals surface area (Å²) < 4.78 is 61.3. The van der Waals surface area contributed by atoms with Crippen LogP contribution in [0.4, 0.5) is 13.2 Å². The van der Waals surface area contributed by atoms with Crippen LogP contribution in [0, 0.1) is 6.92 Å². The first-order chi connectivity index (χ1) is 9.00. The van der Waals surface area contributed by atoms with Crippen LogP contribution in [0.15, 0.2) is 27.9 Å². The van der Waals surface area contributed by atoms with Gasteiger partial charge in [0.25, 0.3) is 9.05 Å². The maximum atomic E-state index is 12.9. The Labute approximate surface area is 115 Å². The molecule has 0 aliphatic carbocycles. The van der Waals surface area contributed by atoms with E-state index in [2.05, 4.69) is 4.98 Å². The van der Waals surface area contributed by atoms with Crippen LogP contribution < -0.4 is 5.56 Å². The van der Waals surface area contributed by atoms with E-state index >= 15 is 0 Å². The van der Waals surface area contributed by atoms with E-state index in [0.717, 1.165) is 12.1 Å². The third-order valence-corrected chi connectivity index (χ3v) is 4.17. The number of benzene rings is 1. The SMILES string of the molecule is Cc1cc2[nH]c(=O)cc(C(F)(F)F)c2cc1S(=O)(=O)Cl. The molecule has 0 aliphatic heterocycles. The molecule has 108 valence electrons. The molecule has 9 heteroatoms. The van der Waals surface area contributed by atoms with Crippen LogP contribution in [0.25, 0.3) is 10.9 Å². The summed E-state index contributed by atoms with van der Waals surface area (Å²) >= 11 is 0. The molecule has 0 saturated carbocycles. The molecule has 0 atom stereocenters. The molecule has 2 rings (SSSR count). The summed E-state index contributed by atoms with van der Waals surface area (Å²) in [6.45, 7) is 1.37. The van der Waals surface area contributed by atoms with Gasteiger partial charge in [0.2, 0.25) is 5.56 Å². The van der Waals surface area contributed by atoms with E-state index < -0.39 is 36.6 Å². The van der Waals surface area contributed by atoms with Gasteiger partial charge < -0.3 is 4.98 Å². The molecule has 1 aromatic heterocycles. The van der Waals surface area contributed by atoms with Gasteiger partial charge in [-0.2, -0.15) is 13.2 Å². The Hall–Kier alpha value is -1.54. The van der Waals surface area contributed by atoms with Gasteiger partial charge in [-0.25, -0.2) is 8.42 Å². The fraction of sp³-hybridized carbons (Fsp3) is 0.182. The molecule has 0 bridgehead atoms. The maximum absolute atomic E-state index is 12.9. The van der Waals surface area contributed by atoms with Gasteiger partial charge >= 0.3 is 6.18 Å². The summed E-state index contributed by atoms with van der Waals surface area (Å²) in [5, 5.41) is -0.429. The van der Waals surface area contributed by atoms with Gasteiger partial charge in [-0.05, 0) is 24.6 Å². The van der Waals surface area contributed by atoms with E-state index in [9.17, 15) is 26.4 Å². The molecule has 0 amide bonds. The Morgan fingerprint density at radius 1 is 1.20 bits per heavy atom. The quantitative estimate of drug-likeness (QED) is 0.820. The Kier molecular flexibility index (Phi) is 3.34. The van der Waals surface area contributed by atoms with Crippen molar-refractivity contribution in [1.29, 1.82) is 0 Å². The van der Waals surface area contributed by atoms with Crippen molar-refractivity contribution in [2.24, 2.45) is 0 Å². The number of aryl methyl sites for hydroxylation is 1. The third kappa shape index (κ3) is 2.66. The smallest absolute Gasteiger partial charge is 0.322 e. The Morgan fingerprint density at radius 3 is 2.30 bits per heavy atom. The van der Waals surface area contributed by atoms with Gasteiger partial charge in [0.15, 0.2) is 0 Å². The van der Waals surface area contributed by atoms with Crippen LogP contribution in [-0.2, 0) is 15.2 Å². The standard InChI is InChI=1S/C11H7ClF3NO3S/c1-5-2-8-6(3-9(5)20(12,18)19)7(11(13,14)15)4-10(17)16-8/h2-4H,1H3,(H,16,17). The molecule has 0 spiro atoms. The number of aromatic amines is 1. The third-order valence-electron chi connectivity index (χ3n) is 2.71. The van der Waals surface area contributed by atoms with Gasteiger partial charge in [0, 0.05) is 27.7 Å². The summed E-state index contributed by atoms with van der Waals surface area (Å²) in [6.07, 6.45) is -4.78. The molecule has 4 nitrogen and oxygen atoms in total. The number of H-pyrrole nitrogens is 1. The minimum atomic E-state index is -4.78. The Bertz CT molecular complexity index is 856. The van der Waals surface area contributed by atoms with Gasteiger partial charge in [-0.15, -0.1) is 0 Å². The predicted octanol–water partition coefficient (Wildman–Crippen LogP) is 2.78. The van der Waals surface area contributed by atoms with E-state index in [0.29, 0.717) is 6.07 Å². The molecule has 1 N–H and O–H groups in total. The van der Waals surface area contributed by atoms with Crippen molar-refractivity contribution < 1.29 is 21.6 Å². The van der Waals surface area contributed by atoms with Crippen LogP contribution in [0.3, 0.4) is 0 Å². The fourth-order valence-electron chi connectivity index (χ4n) is 1.89. The first kappa shape index (κ1) is 14.9. The summed E-state index contributed by atoms with van der Waals surface area (Å²) in [4.78, 5) is 13.0. The average molecular weight is 326 g/mol. The number of rotatable bonds is 1. The van der Waals surface area contributed by atoms with E-state index in [-0.39, 0.29) is 11.1 Å². The highest BCUT2D eigenvalue weighted by Gasteiger charge is 2.34. The summed E-state index contributed by atoms with van der Waals surface area (Å²) in [7, 11) is 0.997. The first-order valence-electron chi connectivity index (χ1n) is 5.19. The van der Waals surface area contributed by atoms with Gasteiger partial charge in [-0.1, -0.05) is 0 Å². The van der Waals surface area contributed by atoms with E-state index in [1.807, 2.05) is 0 Å². The normalized spacial score (nSPS) is 12.8.